The molecule has 3 aromatic carbocycles. The highest BCUT2D eigenvalue weighted by Gasteiger charge is 2.50. The predicted molar refractivity (Wildman–Crippen MR) is 144 cm³/mol. The van der Waals surface area contributed by atoms with Crippen LogP contribution in [0.2, 0.25) is 0 Å². The minimum absolute atomic E-state index is 0.0343. The van der Waals surface area contributed by atoms with Gasteiger partial charge in [0.1, 0.15) is 5.75 Å². The number of fused-ring (bicyclic) bond motifs is 4. The van der Waals surface area contributed by atoms with E-state index in [9.17, 15) is 9.90 Å². The quantitative estimate of drug-likeness (QED) is 0.441. The number of benzene rings is 3. The van der Waals surface area contributed by atoms with Gasteiger partial charge in [-0.1, -0.05) is 73.7 Å². The van der Waals surface area contributed by atoms with Crippen LogP contribution in [0.3, 0.4) is 0 Å². The van der Waals surface area contributed by atoms with Crippen molar-refractivity contribution in [2.75, 3.05) is 26.7 Å². The van der Waals surface area contributed by atoms with Crippen molar-refractivity contribution in [1.82, 2.24) is 15.5 Å². The van der Waals surface area contributed by atoms with Gasteiger partial charge in [-0.3, -0.25) is 0 Å². The molecule has 36 heavy (non-hydrogen) atoms. The molecule has 1 aliphatic carbocycles. The molecule has 0 saturated carbocycles. The van der Waals surface area contributed by atoms with Gasteiger partial charge in [-0.25, -0.2) is 4.79 Å². The molecule has 3 atom stereocenters. The first kappa shape index (κ1) is 24.4. The van der Waals surface area contributed by atoms with Crippen LogP contribution in [0.4, 0.5) is 4.79 Å². The maximum atomic E-state index is 12.9. The highest BCUT2D eigenvalue weighted by molar-refractivity contribution is 5.74. The number of carbonyl (C=O) groups excluding carboxylic acids is 1. The molecular weight excluding hydrogens is 446 g/mol. The molecule has 0 aromatic heterocycles. The number of hydrogen-bond acceptors (Lipinski definition) is 3. The summed E-state index contributed by atoms with van der Waals surface area (Å²) in [5.41, 5.74) is 4.95. The van der Waals surface area contributed by atoms with Gasteiger partial charge >= 0.3 is 6.03 Å². The molecule has 5 heteroatoms. The Kier molecular flexibility index (Phi) is 7.01. The van der Waals surface area contributed by atoms with Gasteiger partial charge in [-0.2, -0.15) is 0 Å². The molecule has 0 radical (unpaired) electrons. The van der Waals surface area contributed by atoms with Gasteiger partial charge in [0, 0.05) is 30.5 Å². The molecule has 1 aliphatic heterocycles. The SMILES string of the molecule is C[C@H]1[C@H]2Cc3ccc(O)cc3C1(CCNC(=O)NCC(c1ccccc1)c1ccccc1)CCN2C. The summed E-state index contributed by atoms with van der Waals surface area (Å²) in [5, 5.41) is 16.5. The van der Waals surface area contributed by atoms with Crippen LogP contribution in [-0.4, -0.2) is 48.8 Å². The van der Waals surface area contributed by atoms with E-state index < -0.39 is 0 Å². The van der Waals surface area contributed by atoms with E-state index in [1.165, 1.54) is 22.3 Å². The third-order valence-corrected chi connectivity index (χ3v) is 8.71. The van der Waals surface area contributed by atoms with Gasteiger partial charge in [0.05, 0.1) is 0 Å². The monoisotopic (exact) mass is 483 g/mol. The Morgan fingerprint density at radius 2 is 1.69 bits per heavy atom. The molecule has 3 N–H and O–H groups in total. The third kappa shape index (κ3) is 4.72. The number of phenols is 1. The minimum atomic E-state index is -0.132. The number of amides is 2. The van der Waals surface area contributed by atoms with Crippen LogP contribution in [0.1, 0.15) is 47.9 Å². The number of nitrogens with zero attached hydrogens (tertiary/aromatic N) is 1. The smallest absolute Gasteiger partial charge is 0.314 e. The van der Waals surface area contributed by atoms with E-state index in [0.29, 0.717) is 30.8 Å². The van der Waals surface area contributed by atoms with Crippen molar-refractivity contribution < 1.29 is 9.90 Å². The molecule has 2 bridgehead atoms. The van der Waals surface area contributed by atoms with Gasteiger partial charge in [-0.05, 0) is 73.2 Å². The third-order valence-electron chi connectivity index (χ3n) is 8.71. The Bertz CT molecular complexity index is 1140. The van der Waals surface area contributed by atoms with Crippen molar-refractivity contribution >= 4 is 6.03 Å². The lowest BCUT2D eigenvalue weighted by Crippen LogP contribution is -2.58. The second kappa shape index (κ2) is 10.4. The van der Waals surface area contributed by atoms with E-state index in [1.54, 1.807) is 6.07 Å². The molecular formula is C31H37N3O2. The average Bonchev–Trinajstić information content (AvgIpc) is 2.89. The van der Waals surface area contributed by atoms with E-state index in [1.807, 2.05) is 42.5 Å². The number of aromatic hydroxyl groups is 1. The summed E-state index contributed by atoms with van der Waals surface area (Å²) in [6.45, 7) is 4.51. The zero-order valence-corrected chi connectivity index (χ0v) is 21.3. The Morgan fingerprint density at radius 1 is 1.03 bits per heavy atom. The molecule has 2 aliphatic rings. The zero-order valence-electron chi connectivity index (χ0n) is 21.3. The first-order chi connectivity index (χ1) is 17.5. The summed E-state index contributed by atoms with van der Waals surface area (Å²) in [5.74, 6) is 0.881. The molecule has 1 heterocycles. The minimum Gasteiger partial charge on any atom is -0.508 e. The van der Waals surface area contributed by atoms with Crippen LogP contribution in [0.5, 0.6) is 5.75 Å². The maximum Gasteiger partial charge on any atom is 0.314 e. The molecule has 5 nitrogen and oxygen atoms in total. The lowest BCUT2D eigenvalue weighted by Gasteiger charge is -2.55. The van der Waals surface area contributed by atoms with E-state index in [4.69, 9.17) is 0 Å². The van der Waals surface area contributed by atoms with Crippen molar-refractivity contribution in [3.63, 3.8) is 0 Å². The van der Waals surface area contributed by atoms with Crippen LogP contribution < -0.4 is 10.6 Å². The molecule has 5 rings (SSSR count). The highest BCUT2D eigenvalue weighted by Crippen LogP contribution is 2.51. The van der Waals surface area contributed by atoms with Crippen LogP contribution in [0.15, 0.2) is 78.9 Å². The van der Waals surface area contributed by atoms with Crippen molar-refractivity contribution in [3.05, 3.63) is 101 Å². The first-order valence-electron chi connectivity index (χ1n) is 13.1. The summed E-state index contributed by atoms with van der Waals surface area (Å²) in [4.78, 5) is 15.4. The molecule has 1 fully saturated rings. The van der Waals surface area contributed by atoms with E-state index >= 15 is 0 Å². The first-order valence-corrected chi connectivity index (χ1v) is 13.1. The highest BCUT2D eigenvalue weighted by atomic mass is 16.3. The average molecular weight is 484 g/mol. The van der Waals surface area contributed by atoms with Crippen LogP contribution in [0.25, 0.3) is 0 Å². The fourth-order valence-corrected chi connectivity index (χ4v) is 6.61. The summed E-state index contributed by atoms with van der Waals surface area (Å²) in [6, 6.07) is 26.9. The lowest BCUT2D eigenvalue weighted by molar-refractivity contribution is 0.0363. The Morgan fingerprint density at radius 3 is 2.36 bits per heavy atom. The number of hydrogen-bond donors (Lipinski definition) is 3. The Hall–Kier alpha value is -3.31. The summed E-state index contributed by atoms with van der Waals surface area (Å²) >= 11 is 0. The number of urea groups is 1. The molecule has 1 saturated heterocycles. The van der Waals surface area contributed by atoms with E-state index in [2.05, 4.69) is 59.8 Å². The van der Waals surface area contributed by atoms with Crippen molar-refractivity contribution in [3.8, 4) is 5.75 Å². The van der Waals surface area contributed by atoms with Crippen LogP contribution in [-0.2, 0) is 11.8 Å². The normalized spacial score (nSPS) is 23.2. The number of piperidine rings is 1. The number of rotatable bonds is 7. The standard InChI is InChI=1S/C31H37N3O2/c1-22-29-19-25-13-14-26(35)20-28(25)31(22,16-18-34(29)2)15-17-32-30(36)33-21-27(23-9-5-3-6-10-23)24-11-7-4-8-12-24/h3-14,20,22,27,29,35H,15-19,21H2,1-2H3,(H2,32,33,36)/t22-,29+,31?/m0/s1. The van der Waals surface area contributed by atoms with E-state index in [-0.39, 0.29) is 17.4 Å². The Labute approximate surface area is 214 Å². The van der Waals surface area contributed by atoms with Crippen molar-refractivity contribution in [2.45, 2.75) is 43.6 Å². The van der Waals surface area contributed by atoms with Gasteiger partial charge in [-0.15, -0.1) is 0 Å². The Balaban J connectivity index is 1.25. The molecule has 3 aromatic rings. The topological polar surface area (TPSA) is 64.6 Å². The largest absolute Gasteiger partial charge is 0.508 e. The van der Waals surface area contributed by atoms with E-state index in [0.717, 1.165) is 25.8 Å². The zero-order chi connectivity index (χ0) is 25.1. The summed E-state index contributed by atoms with van der Waals surface area (Å²) in [6.07, 6.45) is 2.91. The van der Waals surface area contributed by atoms with Gasteiger partial charge in [0.2, 0.25) is 0 Å². The summed E-state index contributed by atoms with van der Waals surface area (Å²) in [7, 11) is 2.22. The second-order valence-corrected chi connectivity index (χ2v) is 10.5. The summed E-state index contributed by atoms with van der Waals surface area (Å²) < 4.78 is 0. The van der Waals surface area contributed by atoms with Gasteiger partial charge in [0.25, 0.3) is 0 Å². The van der Waals surface area contributed by atoms with Gasteiger partial charge in [0.15, 0.2) is 0 Å². The maximum absolute atomic E-state index is 12.9. The number of phenolic OH excluding ortho intramolecular Hbond substituents is 1. The number of likely N-dealkylation sites (tertiary alicyclic amines) is 1. The second-order valence-electron chi connectivity index (χ2n) is 10.5. The van der Waals surface area contributed by atoms with Gasteiger partial charge < -0.3 is 20.6 Å². The van der Waals surface area contributed by atoms with Crippen LogP contribution in [0, 0.1) is 5.92 Å². The molecule has 2 amide bonds. The van der Waals surface area contributed by atoms with Crippen LogP contribution >= 0.6 is 0 Å². The molecule has 0 spiro atoms. The molecule has 188 valence electrons. The predicted octanol–water partition coefficient (Wildman–Crippen LogP) is 5.05. The number of nitrogens with one attached hydrogen (secondary N) is 2. The molecule has 1 unspecified atom stereocenters. The fraction of sp³-hybridized carbons (Fsp3) is 0.387. The lowest BCUT2D eigenvalue weighted by atomic mass is 9.56. The fourth-order valence-electron chi connectivity index (χ4n) is 6.61. The number of likely N-dealkylation sites (N-methyl/N-ethyl adjacent to an activating group) is 1. The number of carbonyl (C=O) groups is 1. The van der Waals surface area contributed by atoms with Crippen molar-refractivity contribution in [1.29, 1.82) is 0 Å². The van der Waals surface area contributed by atoms with Crippen molar-refractivity contribution in [2.24, 2.45) is 5.92 Å².